The molecule has 2 aliphatic heterocycles. The molecule has 9 heteroatoms. The lowest BCUT2D eigenvalue weighted by molar-refractivity contribution is -0.230. The Morgan fingerprint density at radius 1 is 1.14 bits per heavy atom. The van der Waals surface area contributed by atoms with E-state index in [0.29, 0.717) is 0 Å². The molecule has 1 N–H and O–H groups in total. The Hall–Kier alpha value is -2.20. The Labute approximate surface area is 163 Å². The van der Waals surface area contributed by atoms with Crippen LogP contribution in [0.2, 0.25) is 0 Å². The molecular formula is C19H25NO8. The largest absolute Gasteiger partial charge is 0.467 e. The smallest absolute Gasteiger partial charge is 0.408 e. The van der Waals surface area contributed by atoms with Gasteiger partial charge in [-0.25, -0.2) is 9.59 Å². The summed E-state index contributed by atoms with van der Waals surface area (Å²) in [6.45, 7) is 3.57. The molecule has 5 atom stereocenters. The Bertz CT molecular complexity index is 694. The highest BCUT2D eigenvalue weighted by molar-refractivity contribution is 5.82. The van der Waals surface area contributed by atoms with Gasteiger partial charge >= 0.3 is 12.1 Å². The van der Waals surface area contributed by atoms with E-state index in [-0.39, 0.29) is 6.61 Å². The number of amides is 1. The highest BCUT2D eigenvalue weighted by atomic mass is 16.8. The zero-order valence-corrected chi connectivity index (χ0v) is 16.2. The van der Waals surface area contributed by atoms with Crippen molar-refractivity contribution in [3.8, 4) is 0 Å². The molecule has 9 nitrogen and oxygen atoms in total. The molecule has 2 fully saturated rings. The first-order valence-electron chi connectivity index (χ1n) is 8.93. The quantitative estimate of drug-likeness (QED) is 0.720. The maximum Gasteiger partial charge on any atom is 0.408 e. The molecule has 3 rings (SSSR count). The van der Waals surface area contributed by atoms with E-state index in [0.717, 1.165) is 5.56 Å². The molecular weight excluding hydrogens is 370 g/mol. The number of methoxy groups -OCH3 is 2. The molecule has 1 amide bonds. The molecule has 0 bridgehead atoms. The van der Waals surface area contributed by atoms with Gasteiger partial charge in [-0.05, 0) is 19.4 Å². The van der Waals surface area contributed by atoms with Gasteiger partial charge in [0.05, 0.1) is 7.11 Å². The topological polar surface area (TPSA) is 102 Å². The summed E-state index contributed by atoms with van der Waals surface area (Å²) in [5.74, 6) is -1.56. The molecule has 0 aromatic heterocycles. The van der Waals surface area contributed by atoms with Crippen molar-refractivity contribution in [1.82, 2.24) is 5.32 Å². The number of fused-ring (bicyclic) bond motifs is 1. The lowest BCUT2D eigenvalue weighted by Crippen LogP contribution is -2.53. The third kappa shape index (κ3) is 4.44. The van der Waals surface area contributed by atoms with Crippen LogP contribution in [0.25, 0.3) is 0 Å². The number of ether oxygens (including phenoxy) is 6. The van der Waals surface area contributed by atoms with Crippen LogP contribution in [0.5, 0.6) is 0 Å². The summed E-state index contributed by atoms with van der Waals surface area (Å²) in [4.78, 5) is 24.6. The van der Waals surface area contributed by atoms with Crippen molar-refractivity contribution < 1.29 is 38.0 Å². The van der Waals surface area contributed by atoms with Gasteiger partial charge in [0, 0.05) is 7.11 Å². The number of hydrogen-bond acceptors (Lipinski definition) is 8. The highest BCUT2D eigenvalue weighted by Gasteiger charge is 2.59. The van der Waals surface area contributed by atoms with E-state index >= 15 is 0 Å². The van der Waals surface area contributed by atoms with E-state index in [4.69, 9.17) is 28.4 Å². The predicted octanol–water partition coefficient (Wildman–Crippen LogP) is 1.35. The minimum absolute atomic E-state index is 0.0610. The molecule has 1 aromatic carbocycles. The van der Waals surface area contributed by atoms with Gasteiger partial charge in [-0.15, -0.1) is 0 Å². The molecule has 1 aromatic rings. The second-order valence-corrected chi connectivity index (χ2v) is 6.98. The average molecular weight is 395 g/mol. The lowest BCUT2D eigenvalue weighted by Gasteiger charge is -2.27. The van der Waals surface area contributed by atoms with Crippen molar-refractivity contribution in [2.75, 3.05) is 14.2 Å². The lowest BCUT2D eigenvalue weighted by atomic mass is 10.0. The molecule has 0 radical (unpaired) electrons. The minimum atomic E-state index is -1.15. The number of benzene rings is 1. The number of nitrogens with one attached hydrogen (secondary N) is 1. The van der Waals surface area contributed by atoms with Crippen molar-refractivity contribution in [2.24, 2.45) is 0 Å². The summed E-state index contributed by atoms with van der Waals surface area (Å²) >= 11 is 0. The molecule has 0 aliphatic carbocycles. The predicted molar refractivity (Wildman–Crippen MR) is 95.1 cm³/mol. The summed E-state index contributed by atoms with van der Waals surface area (Å²) in [5, 5.41) is 2.51. The third-order valence-electron chi connectivity index (χ3n) is 4.55. The first kappa shape index (κ1) is 20.5. The first-order valence-corrected chi connectivity index (χ1v) is 8.93. The SMILES string of the molecule is COC(=O)[C@@H](NC(=O)OCc1ccccc1)[C@H]1O[C@@H](OC)[C@@H]2OC(C)(C)O[C@@H]21. The van der Waals surface area contributed by atoms with E-state index in [9.17, 15) is 9.59 Å². The molecule has 0 spiro atoms. The normalized spacial score (nSPS) is 29.0. The molecule has 28 heavy (non-hydrogen) atoms. The van der Waals surface area contributed by atoms with Crippen molar-refractivity contribution in [3.05, 3.63) is 35.9 Å². The van der Waals surface area contributed by atoms with Crippen molar-refractivity contribution in [3.63, 3.8) is 0 Å². The summed E-state index contributed by atoms with van der Waals surface area (Å²) in [7, 11) is 2.69. The number of rotatable bonds is 6. The fourth-order valence-electron chi connectivity index (χ4n) is 3.34. The molecule has 2 saturated heterocycles. The van der Waals surface area contributed by atoms with Crippen LogP contribution in [0.15, 0.2) is 30.3 Å². The van der Waals surface area contributed by atoms with Gasteiger partial charge in [0.1, 0.15) is 24.9 Å². The zero-order chi connectivity index (χ0) is 20.3. The minimum Gasteiger partial charge on any atom is -0.467 e. The number of alkyl carbamates (subject to hydrolysis) is 1. The van der Waals surface area contributed by atoms with E-state index in [1.807, 2.05) is 30.3 Å². The third-order valence-corrected chi connectivity index (χ3v) is 4.55. The second-order valence-electron chi connectivity index (χ2n) is 6.98. The van der Waals surface area contributed by atoms with E-state index in [2.05, 4.69) is 5.32 Å². The van der Waals surface area contributed by atoms with E-state index in [1.165, 1.54) is 14.2 Å². The van der Waals surface area contributed by atoms with Crippen LogP contribution in [-0.2, 0) is 39.8 Å². The number of carbonyl (C=O) groups excluding carboxylic acids is 2. The monoisotopic (exact) mass is 395 g/mol. The van der Waals surface area contributed by atoms with E-state index in [1.54, 1.807) is 13.8 Å². The molecule has 2 aliphatic rings. The molecule has 0 unspecified atom stereocenters. The van der Waals surface area contributed by atoms with Crippen LogP contribution < -0.4 is 5.32 Å². The van der Waals surface area contributed by atoms with Crippen LogP contribution in [0.3, 0.4) is 0 Å². The molecule has 154 valence electrons. The molecule has 2 heterocycles. The van der Waals surface area contributed by atoms with Crippen LogP contribution in [0.4, 0.5) is 4.79 Å². The Balaban J connectivity index is 1.69. The number of esters is 1. The van der Waals surface area contributed by atoms with Crippen LogP contribution in [0.1, 0.15) is 19.4 Å². The van der Waals surface area contributed by atoms with Gasteiger partial charge in [-0.2, -0.15) is 0 Å². The van der Waals surface area contributed by atoms with Crippen LogP contribution >= 0.6 is 0 Å². The second kappa shape index (κ2) is 8.44. The van der Waals surface area contributed by atoms with Crippen molar-refractivity contribution in [1.29, 1.82) is 0 Å². The molecule has 0 saturated carbocycles. The van der Waals surface area contributed by atoms with Gasteiger partial charge in [-0.1, -0.05) is 30.3 Å². The van der Waals surface area contributed by atoms with Crippen molar-refractivity contribution in [2.45, 2.75) is 56.9 Å². The van der Waals surface area contributed by atoms with Crippen LogP contribution in [-0.4, -0.2) is 62.7 Å². The van der Waals surface area contributed by atoms with E-state index < -0.39 is 48.5 Å². The fraction of sp³-hybridized carbons (Fsp3) is 0.579. The van der Waals surface area contributed by atoms with Gasteiger partial charge < -0.3 is 33.7 Å². The summed E-state index contributed by atoms with van der Waals surface area (Å²) in [5.41, 5.74) is 0.818. The van der Waals surface area contributed by atoms with Gasteiger partial charge in [-0.3, -0.25) is 0 Å². The highest BCUT2D eigenvalue weighted by Crippen LogP contribution is 2.40. The van der Waals surface area contributed by atoms with Gasteiger partial charge in [0.25, 0.3) is 0 Å². The Morgan fingerprint density at radius 2 is 1.82 bits per heavy atom. The zero-order valence-electron chi connectivity index (χ0n) is 16.2. The summed E-state index contributed by atoms with van der Waals surface area (Å²) in [6.07, 6.45) is -3.56. The maximum absolute atomic E-state index is 12.3. The summed E-state index contributed by atoms with van der Waals surface area (Å²) < 4.78 is 32.8. The van der Waals surface area contributed by atoms with Crippen molar-refractivity contribution >= 4 is 12.1 Å². The van der Waals surface area contributed by atoms with Crippen LogP contribution in [0, 0.1) is 0 Å². The average Bonchev–Trinajstić information content (AvgIpc) is 3.17. The first-order chi connectivity index (χ1) is 13.3. The maximum atomic E-state index is 12.3. The number of carbonyl (C=O) groups is 2. The summed E-state index contributed by atoms with van der Waals surface area (Å²) in [6, 6.07) is 8.03. The standard InChI is InChI=1S/C19H25NO8/c1-19(2)27-14-13(26-17(24-4)15(14)28-19)12(16(21)23-3)20-18(22)25-10-11-8-6-5-7-9-11/h5-9,12-15,17H,10H2,1-4H3,(H,20,22)/t12-,13+,14+,15+,17+/m0/s1. The number of hydrogen-bond donors (Lipinski definition) is 1. The Morgan fingerprint density at radius 3 is 2.46 bits per heavy atom. The van der Waals surface area contributed by atoms with Gasteiger partial charge in [0.2, 0.25) is 0 Å². The van der Waals surface area contributed by atoms with Gasteiger partial charge in [0.15, 0.2) is 18.1 Å². The Kier molecular flexibility index (Phi) is 6.19. The fourth-order valence-corrected chi connectivity index (χ4v) is 3.34.